The van der Waals surface area contributed by atoms with Crippen molar-refractivity contribution >= 4 is 11.3 Å². The fraction of sp³-hybridized carbons (Fsp3) is 0.545. The molecule has 2 aromatic rings. The van der Waals surface area contributed by atoms with Crippen molar-refractivity contribution in [3.05, 3.63) is 16.2 Å². The Morgan fingerprint density at radius 3 is 3.00 bits per heavy atom. The largest absolute Gasteiger partial charge is 0.379 e. The summed E-state index contributed by atoms with van der Waals surface area (Å²) in [5.41, 5.74) is 6.60. The van der Waals surface area contributed by atoms with Crippen molar-refractivity contribution in [2.75, 3.05) is 13.2 Å². The van der Waals surface area contributed by atoms with Crippen LogP contribution in [-0.4, -0.2) is 28.3 Å². The lowest BCUT2D eigenvalue weighted by molar-refractivity contribution is 0.119. The Hall–Kier alpha value is -1.31. The molecule has 2 rings (SSSR count). The van der Waals surface area contributed by atoms with Gasteiger partial charge in [0.25, 0.3) is 5.89 Å². The summed E-state index contributed by atoms with van der Waals surface area (Å²) in [7, 11) is 0. The third-order valence-corrected chi connectivity index (χ3v) is 3.03. The average Bonchev–Trinajstić information content (AvgIpc) is 2.97. The Morgan fingerprint density at radius 1 is 1.50 bits per heavy atom. The predicted molar refractivity (Wildman–Crippen MR) is 68.2 cm³/mol. The summed E-state index contributed by atoms with van der Waals surface area (Å²) in [5.74, 6) is 0.854. The predicted octanol–water partition coefficient (Wildman–Crippen LogP) is 1.93. The van der Waals surface area contributed by atoms with E-state index >= 15 is 0 Å². The highest BCUT2D eigenvalue weighted by Gasteiger charge is 2.16. The summed E-state index contributed by atoms with van der Waals surface area (Å²) in [6, 6.07) is -0.367. The van der Waals surface area contributed by atoms with Crippen LogP contribution in [0.3, 0.4) is 0 Å². The van der Waals surface area contributed by atoms with Gasteiger partial charge in [-0.3, -0.25) is 0 Å². The molecule has 1 unspecified atom stereocenters. The van der Waals surface area contributed by atoms with Crippen molar-refractivity contribution in [1.29, 1.82) is 0 Å². The second kappa shape index (κ2) is 6.03. The van der Waals surface area contributed by atoms with Crippen molar-refractivity contribution < 1.29 is 9.26 Å². The monoisotopic (exact) mass is 268 g/mol. The lowest BCUT2D eigenvalue weighted by Gasteiger charge is -2.06. The molecule has 0 aliphatic heterocycles. The van der Waals surface area contributed by atoms with Gasteiger partial charge in [-0.15, -0.1) is 11.3 Å². The van der Waals surface area contributed by atoms with Gasteiger partial charge in [-0.1, -0.05) is 12.1 Å². The minimum atomic E-state index is -0.367. The highest BCUT2D eigenvalue weighted by atomic mass is 32.1. The van der Waals surface area contributed by atoms with Crippen LogP contribution in [0.1, 0.15) is 30.2 Å². The van der Waals surface area contributed by atoms with Crippen molar-refractivity contribution in [2.45, 2.75) is 26.3 Å². The minimum absolute atomic E-state index is 0.367. The molecule has 0 spiro atoms. The van der Waals surface area contributed by atoms with E-state index in [4.69, 9.17) is 15.0 Å². The first-order chi connectivity index (χ1) is 8.70. The molecule has 0 amide bonds. The molecule has 0 radical (unpaired) electrons. The van der Waals surface area contributed by atoms with Crippen LogP contribution < -0.4 is 5.73 Å². The molecule has 0 fully saturated rings. The fourth-order valence-electron chi connectivity index (χ4n) is 1.38. The van der Waals surface area contributed by atoms with Gasteiger partial charge in [0.1, 0.15) is 5.69 Å². The number of rotatable bonds is 6. The topological polar surface area (TPSA) is 87.1 Å². The molecule has 6 nitrogen and oxygen atoms in total. The molecule has 2 heterocycles. The van der Waals surface area contributed by atoms with Gasteiger partial charge in [-0.25, -0.2) is 4.98 Å². The van der Waals surface area contributed by atoms with Gasteiger partial charge in [-0.2, -0.15) is 4.98 Å². The van der Waals surface area contributed by atoms with E-state index in [1.54, 1.807) is 0 Å². The molecular weight excluding hydrogens is 252 g/mol. The van der Waals surface area contributed by atoms with E-state index in [-0.39, 0.29) is 6.04 Å². The number of nitrogens with zero attached hydrogens (tertiary/aromatic N) is 3. The van der Waals surface area contributed by atoms with Crippen molar-refractivity contribution in [2.24, 2.45) is 5.73 Å². The zero-order valence-corrected chi connectivity index (χ0v) is 11.2. The highest BCUT2D eigenvalue weighted by molar-refractivity contribution is 7.09. The molecule has 7 heteroatoms. The Morgan fingerprint density at radius 2 is 2.33 bits per heavy atom. The molecule has 1 atom stereocenters. The normalized spacial score (nSPS) is 12.8. The molecule has 2 aromatic heterocycles. The van der Waals surface area contributed by atoms with Crippen LogP contribution in [-0.2, 0) is 4.74 Å². The summed E-state index contributed by atoms with van der Waals surface area (Å²) >= 11 is 1.54. The lowest BCUT2D eigenvalue weighted by Crippen LogP contribution is -2.18. The Bertz CT molecular complexity index is 497. The Kier molecular flexibility index (Phi) is 4.40. The van der Waals surface area contributed by atoms with Crippen molar-refractivity contribution in [1.82, 2.24) is 15.1 Å². The van der Waals surface area contributed by atoms with Crippen LogP contribution in [0, 0.1) is 6.92 Å². The second-order valence-electron chi connectivity index (χ2n) is 3.89. The van der Waals surface area contributed by atoms with Gasteiger partial charge in [0.05, 0.1) is 17.7 Å². The summed E-state index contributed by atoms with van der Waals surface area (Å²) < 4.78 is 10.5. The van der Waals surface area contributed by atoms with Gasteiger partial charge in [0, 0.05) is 12.0 Å². The number of hydrogen-bond acceptors (Lipinski definition) is 7. The maximum absolute atomic E-state index is 5.90. The van der Waals surface area contributed by atoms with Gasteiger partial charge in [0.15, 0.2) is 5.82 Å². The Labute approximate surface area is 109 Å². The summed E-state index contributed by atoms with van der Waals surface area (Å²) in [6.45, 7) is 5.05. The summed E-state index contributed by atoms with van der Waals surface area (Å²) in [5, 5.41) is 6.69. The average molecular weight is 268 g/mol. The fourth-order valence-corrected chi connectivity index (χ4v) is 1.97. The van der Waals surface area contributed by atoms with Gasteiger partial charge < -0.3 is 15.0 Å². The number of aryl methyl sites for hydroxylation is 1. The van der Waals surface area contributed by atoms with E-state index in [1.165, 1.54) is 11.3 Å². The summed E-state index contributed by atoms with van der Waals surface area (Å²) in [6.07, 6.45) is 0.961. The van der Waals surface area contributed by atoms with E-state index in [9.17, 15) is 0 Å². The SMILES string of the molecule is CCCOCC(N)c1noc(-c2csc(C)n2)n1. The van der Waals surface area contributed by atoms with Crippen LogP contribution in [0.2, 0.25) is 0 Å². The molecule has 0 saturated carbocycles. The van der Waals surface area contributed by atoms with E-state index in [2.05, 4.69) is 15.1 Å². The van der Waals surface area contributed by atoms with Crippen LogP contribution in [0.5, 0.6) is 0 Å². The highest BCUT2D eigenvalue weighted by Crippen LogP contribution is 2.20. The van der Waals surface area contributed by atoms with E-state index in [1.807, 2.05) is 19.2 Å². The smallest absolute Gasteiger partial charge is 0.277 e. The molecule has 98 valence electrons. The number of nitrogens with two attached hydrogens (primary N) is 1. The minimum Gasteiger partial charge on any atom is -0.379 e. The van der Waals surface area contributed by atoms with Crippen LogP contribution >= 0.6 is 11.3 Å². The maximum Gasteiger partial charge on any atom is 0.277 e. The number of thiazole rings is 1. The molecule has 18 heavy (non-hydrogen) atoms. The standard InChI is InChI=1S/C11H16N4O2S/c1-3-4-16-5-8(12)10-14-11(17-15-10)9-6-18-7(2)13-9/h6,8H,3-5,12H2,1-2H3. The third-order valence-electron chi connectivity index (χ3n) is 2.26. The van der Waals surface area contributed by atoms with E-state index < -0.39 is 0 Å². The van der Waals surface area contributed by atoms with Crippen LogP contribution in [0.4, 0.5) is 0 Å². The van der Waals surface area contributed by atoms with E-state index in [0.717, 1.165) is 11.4 Å². The first kappa shape index (κ1) is 13.1. The number of hydrogen-bond donors (Lipinski definition) is 1. The zero-order valence-electron chi connectivity index (χ0n) is 10.4. The quantitative estimate of drug-likeness (QED) is 0.805. The molecule has 0 bridgehead atoms. The first-order valence-electron chi connectivity index (χ1n) is 5.80. The lowest BCUT2D eigenvalue weighted by atomic mass is 10.3. The molecule has 0 aromatic carbocycles. The molecule has 0 aliphatic rings. The van der Waals surface area contributed by atoms with Crippen LogP contribution in [0.15, 0.2) is 9.90 Å². The summed E-state index contributed by atoms with van der Waals surface area (Å²) in [4.78, 5) is 8.51. The van der Waals surface area contributed by atoms with Crippen molar-refractivity contribution in [3.63, 3.8) is 0 Å². The Balaban J connectivity index is 2.01. The van der Waals surface area contributed by atoms with Crippen LogP contribution in [0.25, 0.3) is 11.6 Å². The molecule has 2 N–H and O–H groups in total. The second-order valence-corrected chi connectivity index (χ2v) is 4.95. The van der Waals surface area contributed by atoms with E-state index in [0.29, 0.717) is 30.6 Å². The third kappa shape index (κ3) is 3.12. The number of aromatic nitrogens is 3. The van der Waals surface area contributed by atoms with Gasteiger partial charge in [-0.05, 0) is 13.3 Å². The number of ether oxygens (including phenoxy) is 1. The molecule has 0 aliphatic carbocycles. The molecular formula is C11H16N4O2S. The van der Waals surface area contributed by atoms with Gasteiger partial charge in [0.2, 0.25) is 0 Å². The maximum atomic E-state index is 5.90. The first-order valence-corrected chi connectivity index (χ1v) is 6.68. The molecule has 0 saturated heterocycles. The van der Waals surface area contributed by atoms with Gasteiger partial charge >= 0.3 is 0 Å². The van der Waals surface area contributed by atoms with Crippen molar-refractivity contribution in [3.8, 4) is 11.6 Å². The zero-order chi connectivity index (χ0) is 13.0.